The molecule has 24 heavy (non-hydrogen) atoms. The number of nitriles is 1. The SMILES string of the molecule is N#Cc1ccc(N2CCC3(CC2)OCCO3)cc1NC1CCCC1. The number of anilines is 2. The van der Waals surface area contributed by atoms with E-state index in [4.69, 9.17) is 9.47 Å². The van der Waals surface area contributed by atoms with Crippen LogP contribution in [-0.2, 0) is 9.47 Å². The standard InChI is InChI=1S/C19H25N3O2/c20-14-15-5-6-17(13-18(15)21-16-3-1-2-4-16)22-9-7-19(8-10-22)23-11-12-24-19/h5-6,13,16,21H,1-4,7-12H2. The lowest BCUT2D eigenvalue weighted by Crippen LogP contribution is -2.45. The summed E-state index contributed by atoms with van der Waals surface area (Å²) in [7, 11) is 0. The number of benzene rings is 1. The van der Waals surface area contributed by atoms with E-state index in [9.17, 15) is 5.26 Å². The Morgan fingerprint density at radius 2 is 1.83 bits per heavy atom. The molecule has 1 aromatic rings. The molecule has 2 aliphatic heterocycles. The third-order valence-electron chi connectivity index (χ3n) is 5.54. The van der Waals surface area contributed by atoms with E-state index in [1.165, 1.54) is 31.4 Å². The lowest BCUT2D eigenvalue weighted by atomic mass is 10.0. The Morgan fingerprint density at radius 3 is 2.50 bits per heavy atom. The van der Waals surface area contributed by atoms with Gasteiger partial charge in [-0.3, -0.25) is 0 Å². The number of hydrogen-bond acceptors (Lipinski definition) is 5. The maximum atomic E-state index is 9.40. The van der Waals surface area contributed by atoms with Crippen LogP contribution in [-0.4, -0.2) is 38.1 Å². The Hall–Kier alpha value is -1.77. The zero-order chi connectivity index (χ0) is 16.4. The molecule has 128 valence electrons. The van der Waals surface area contributed by atoms with Crippen LogP contribution in [0.3, 0.4) is 0 Å². The maximum Gasteiger partial charge on any atom is 0.171 e. The van der Waals surface area contributed by atoms with Crippen LogP contribution in [0.25, 0.3) is 0 Å². The lowest BCUT2D eigenvalue weighted by Gasteiger charge is -2.38. The summed E-state index contributed by atoms with van der Waals surface area (Å²) < 4.78 is 11.6. The largest absolute Gasteiger partial charge is 0.381 e. The van der Waals surface area contributed by atoms with Crippen LogP contribution < -0.4 is 10.2 Å². The zero-order valence-corrected chi connectivity index (χ0v) is 14.1. The summed E-state index contributed by atoms with van der Waals surface area (Å²) in [6.07, 6.45) is 6.78. The third-order valence-corrected chi connectivity index (χ3v) is 5.54. The van der Waals surface area contributed by atoms with Gasteiger partial charge in [-0.1, -0.05) is 12.8 Å². The van der Waals surface area contributed by atoms with E-state index in [1.807, 2.05) is 6.07 Å². The van der Waals surface area contributed by atoms with Crippen molar-refractivity contribution in [3.8, 4) is 6.07 Å². The number of rotatable bonds is 3. The third kappa shape index (κ3) is 3.09. The van der Waals surface area contributed by atoms with Gasteiger partial charge in [-0.25, -0.2) is 0 Å². The molecule has 2 saturated heterocycles. The van der Waals surface area contributed by atoms with Crippen molar-refractivity contribution in [2.24, 2.45) is 0 Å². The van der Waals surface area contributed by atoms with Gasteiger partial charge in [0, 0.05) is 37.7 Å². The predicted octanol–water partition coefficient (Wildman–Crippen LogP) is 3.26. The molecule has 0 bridgehead atoms. The van der Waals surface area contributed by atoms with E-state index >= 15 is 0 Å². The monoisotopic (exact) mass is 327 g/mol. The minimum Gasteiger partial charge on any atom is -0.381 e. The van der Waals surface area contributed by atoms with Gasteiger partial charge >= 0.3 is 0 Å². The molecule has 0 unspecified atom stereocenters. The van der Waals surface area contributed by atoms with Crippen molar-refractivity contribution in [2.45, 2.75) is 50.4 Å². The molecule has 1 N–H and O–H groups in total. The highest BCUT2D eigenvalue weighted by Gasteiger charge is 2.39. The Kier molecular flexibility index (Phi) is 4.34. The molecule has 1 spiro atoms. The average Bonchev–Trinajstić information content (AvgIpc) is 3.28. The van der Waals surface area contributed by atoms with Crippen molar-refractivity contribution in [1.29, 1.82) is 5.26 Å². The second-order valence-electron chi connectivity index (χ2n) is 7.06. The first-order valence-corrected chi connectivity index (χ1v) is 9.12. The number of ether oxygens (including phenoxy) is 2. The molecule has 3 fully saturated rings. The van der Waals surface area contributed by atoms with E-state index in [-0.39, 0.29) is 5.79 Å². The molecule has 0 atom stereocenters. The molecule has 1 saturated carbocycles. The lowest BCUT2D eigenvalue weighted by molar-refractivity contribution is -0.169. The van der Waals surface area contributed by atoms with Gasteiger partial charge in [-0.05, 0) is 31.0 Å². The van der Waals surface area contributed by atoms with Gasteiger partial charge in [0.25, 0.3) is 0 Å². The van der Waals surface area contributed by atoms with Gasteiger partial charge < -0.3 is 19.7 Å². The Balaban J connectivity index is 1.48. The molecule has 5 nitrogen and oxygen atoms in total. The van der Waals surface area contributed by atoms with Gasteiger partial charge in [-0.2, -0.15) is 5.26 Å². The fraction of sp³-hybridized carbons (Fsp3) is 0.632. The number of hydrogen-bond donors (Lipinski definition) is 1. The molecule has 3 aliphatic rings. The van der Waals surface area contributed by atoms with Crippen LogP contribution in [0.2, 0.25) is 0 Å². The van der Waals surface area contributed by atoms with Gasteiger partial charge in [-0.15, -0.1) is 0 Å². The van der Waals surface area contributed by atoms with E-state index in [0.29, 0.717) is 19.3 Å². The number of piperidine rings is 1. The summed E-state index contributed by atoms with van der Waals surface area (Å²) in [6, 6.07) is 8.98. The highest BCUT2D eigenvalue weighted by atomic mass is 16.7. The molecule has 0 radical (unpaired) electrons. The van der Waals surface area contributed by atoms with Gasteiger partial charge in [0.1, 0.15) is 6.07 Å². The average molecular weight is 327 g/mol. The molecule has 2 heterocycles. The van der Waals surface area contributed by atoms with Crippen LogP contribution in [0.1, 0.15) is 44.1 Å². The second kappa shape index (κ2) is 6.62. The summed E-state index contributed by atoms with van der Waals surface area (Å²) in [5, 5.41) is 13.0. The van der Waals surface area contributed by atoms with Crippen molar-refractivity contribution in [1.82, 2.24) is 0 Å². The van der Waals surface area contributed by atoms with Crippen LogP contribution in [0.4, 0.5) is 11.4 Å². The molecule has 0 aromatic heterocycles. The minimum atomic E-state index is -0.339. The topological polar surface area (TPSA) is 57.5 Å². The number of nitrogens with zero attached hydrogens (tertiary/aromatic N) is 2. The molecule has 1 aromatic carbocycles. The Labute approximate surface area is 143 Å². The highest BCUT2D eigenvalue weighted by molar-refractivity contribution is 5.66. The minimum absolute atomic E-state index is 0.339. The molecule has 1 aliphatic carbocycles. The van der Waals surface area contributed by atoms with Crippen LogP contribution in [0, 0.1) is 11.3 Å². The van der Waals surface area contributed by atoms with Crippen molar-refractivity contribution < 1.29 is 9.47 Å². The Morgan fingerprint density at radius 1 is 1.12 bits per heavy atom. The van der Waals surface area contributed by atoms with E-state index in [0.717, 1.165) is 37.2 Å². The van der Waals surface area contributed by atoms with Crippen LogP contribution >= 0.6 is 0 Å². The second-order valence-corrected chi connectivity index (χ2v) is 7.06. The summed E-state index contributed by atoms with van der Waals surface area (Å²) in [6.45, 7) is 3.28. The van der Waals surface area contributed by atoms with Crippen molar-refractivity contribution in [3.05, 3.63) is 23.8 Å². The van der Waals surface area contributed by atoms with Crippen molar-refractivity contribution in [3.63, 3.8) is 0 Å². The van der Waals surface area contributed by atoms with E-state index in [2.05, 4.69) is 28.4 Å². The normalized spacial score (nSPS) is 23.5. The summed E-state index contributed by atoms with van der Waals surface area (Å²) in [5.74, 6) is -0.339. The van der Waals surface area contributed by atoms with Gasteiger partial charge in [0.15, 0.2) is 5.79 Å². The fourth-order valence-corrected chi connectivity index (χ4v) is 4.13. The quantitative estimate of drug-likeness (QED) is 0.923. The van der Waals surface area contributed by atoms with Crippen LogP contribution in [0.15, 0.2) is 18.2 Å². The molecule has 5 heteroatoms. The summed E-state index contributed by atoms with van der Waals surface area (Å²) in [4.78, 5) is 2.37. The molecular weight excluding hydrogens is 302 g/mol. The molecular formula is C19H25N3O2. The first-order valence-electron chi connectivity index (χ1n) is 9.12. The fourth-order valence-electron chi connectivity index (χ4n) is 4.13. The zero-order valence-electron chi connectivity index (χ0n) is 14.1. The maximum absolute atomic E-state index is 9.40. The first-order chi connectivity index (χ1) is 11.8. The first kappa shape index (κ1) is 15.7. The predicted molar refractivity (Wildman–Crippen MR) is 93.1 cm³/mol. The van der Waals surface area contributed by atoms with Crippen molar-refractivity contribution >= 4 is 11.4 Å². The number of nitrogens with one attached hydrogen (secondary N) is 1. The molecule has 0 amide bonds. The molecule has 4 rings (SSSR count). The Bertz CT molecular complexity index is 618. The smallest absolute Gasteiger partial charge is 0.171 e. The van der Waals surface area contributed by atoms with E-state index < -0.39 is 0 Å². The summed E-state index contributed by atoms with van der Waals surface area (Å²) >= 11 is 0. The summed E-state index contributed by atoms with van der Waals surface area (Å²) in [5.41, 5.74) is 2.90. The van der Waals surface area contributed by atoms with Gasteiger partial charge in [0.05, 0.1) is 24.5 Å². The highest BCUT2D eigenvalue weighted by Crippen LogP contribution is 2.34. The van der Waals surface area contributed by atoms with E-state index in [1.54, 1.807) is 0 Å². The van der Waals surface area contributed by atoms with Gasteiger partial charge in [0.2, 0.25) is 0 Å². The van der Waals surface area contributed by atoms with Crippen LogP contribution in [0.5, 0.6) is 0 Å². The van der Waals surface area contributed by atoms with Crippen molar-refractivity contribution in [2.75, 3.05) is 36.5 Å².